The number of imidazole rings is 1. The van der Waals surface area contributed by atoms with Gasteiger partial charge < -0.3 is 19.9 Å². The number of hydrogen-bond acceptors (Lipinski definition) is 4. The number of ether oxygens (including phenoxy) is 1. The molecule has 2 unspecified atom stereocenters. The van der Waals surface area contributed by atoms with Crippen LogP contribution in [0.5, 0.6) is 0 Å². The minimum absolute atomic E-state index is 0.213. The number of nitrogens with zero attached hydrogens (tertiary/aromatic N) is 2. The van der Waals surface area contributed by atoms with E-state index in [0.717, 1.165) is 47.1 Å². The van der Waals surface area contributed by atoms with Crippen LogP contribution >= 0.6 is 0 Å². The van der Waals surface area contributed by atoms with Crippen LogP contribution in [0.1, 0.15) is 19.4 Å². The molecule has 0 saturated carbocycles. The molecule has 0 aliphatic carbocycles. The van der Waals surface area contributed by atoms with E-state index < -0.39 is 0 Å². The molecule has 1 saturated heterocycles. The lowest BCUT2D eigenvalue weighted by atomic mass is 10.1. The van der Waals surface area contributed by atoms with Crippen molar-refractivity contribution in [3.63, 3.8) is 0 Å². The van der Waals surface area contributed by atoms with Crippen molar-refractivity contribution < 1.29 is 4.74 Å². The molecule has 1 fully saturated rings. The number of nitrogens with one attached hydrogen (secondary N) is 2. The molecule has 1 aromatic heterocycles. The van der Waals surface area contributed by atoms with Crippen molar-refractivity contribution in [3.05, 3.63) is 84.6 Å². The van der Waals surface area contributed by atoms with E-state index in [2.05, 4.69) is 95.6 Å². The number of morpholine rings is 1. The van der Waals surface area contributed by atoms with Gasteiger partial charge in [0.05, 0.1) is 35.5 Å². The fourth-order valence-electron chi connectivity index (χ4n) is 4.56. The van der Waals surface area contributed by atoms with E-state index in [9.17, 15) is 0 Å². The molecule has 1 aliphatic rings. The molecule has 2 heterocycles. The number of anilines is 3. The minimum Gasteiger partial charge on any atom is -0.372 e. The number of H-pyrrole nitrogens is 1. The first-order chi connectivity index (χ1) is 16.1. The molecule has 168 valence electrons. The summed E-state index contributed by atoms with van der Waals surface area (Å²) in [5.74, 6) is 0.874. The van der Waals surface area contributed by atoms with Gasteiger partial charge in [0.25, 0.3) is 0 Å². The van der Waals surface area contributed by atoms with Crippen LogP contribution in [0.3, 0.4) is 0 Å². The highest BCUT2D eigenvalue weighted by molar-refractivity contribution is 5.78. The molecule has 0 amide bonds. The fraction of sp³-hybridized carbons (Fsp3) is 0.250. The van der Waals surface area contributed by atoms with Crippen LogP contribution in [0.4, 0.5) is 17.1 Å². The van der Waals surface area contributed by atoms with Gasteiger partial charge in [-0.05, 0) is 56.2 Å². The Morgan fingerprint density at radius 3 is 2.45 bits per heavy atom. The number of benzene rings is 3. The third-order valence-electron chi connectivity index (χ3n) is 6.10. The summed E-state index contributed by atoms with van der Waals surface area (Å²) in [4.78, 5) is 10.6. The zero-order valence-corrected chi connectivity index (χ0v) is 19.4. The fourth-order valence-corrected chi connectivity index (χ4v) is 4.56. The first-order valence-corrected chi connectivity index (χ1v) is 11.5. The Kier molecular flexibility index (Phi) is 5.88. The maximum Gasteiger partial charge on any atom is 0.138 e. The van der Waals surface area contributed by atoms with Crippen molar-refractivity contribution in [3.8, 4) is 22.6 Å². The molecule has 5 heteroatoms. The Labute approximate surface area is 195 Å². The normalized spacial score (nSPS) is 18.3. The quantitative estimate of drug-likeness (QED) is 0.378. The van der Waals surface area contributed by atoms with E-state index in [0.29, 0.717) is 0 Å². The largest absolute Gasteiger partial charge is 0.372 e. The molecule has 0 bridgehead atoms. The predicted molar refractivity (Wildman–Crippen MR) is 136 cm³/mol. The van der Waals surface area contributed by atoms with Crippen LogP contribution in [0.2, 0.25) is 0 Å². The number of hydrogen-bond donors (Lipinski definition) is 2. The monoisotopic (exact) mass is 438 g/mol. The summed E-state index contributed by atoms with van der Waals surface area (Å²) in [6.45, 7) is 8.16. The molecule has 5 nitrogen and oxygen atoms in total. The van der Waals surface area contributed by atoms with Gasteiger partial charge in [0.1, 0.15) is 5.82 Å². The molecule has 3 aromatic carbocycles. The zero-order chi connectivity index (χ0) is 22.8. The molecule has 33 heavy (non-hydrogen) atoms. The summed E-state index contributed by atoms with van der Waals surface area (Å²) < 4.78 is 5.94. The van der Waals surface area contributed by atoms with E-state index in [1.807, 2.05) is 24.4 Å². The molecule has 2 atom stereocenters. The summed E-state index contributed by atoms with van der Waals surface area (Å²) in [6, 6.07) is 25.2. The first kappa shape index (κ1) is 21.3. The number of rotatable bonds is 5. The third-order valence-corrected chi connectivity index (χ3v) is 6.10. The van der Waals surface area contributed by atoms with Crippen molar-refractivity contribution in [2.45, 2.75) is 33.0 Å². The summed E-state index contributed by atoms with van der Waals surface area (Å²) in [5.41, 5.74) is 7.75. The second-order valence-corrected chi connectivity index (χ2v) is 8.85. The van der Waals surface area contributed by atoms with Crippen molar-refractivity contribution in [2.75, 3.05) is 23.3 Å². The van der Waals surface area contributed by atoms with Crippen molar-refractivity contribution in [1.29, 1.82) is 0 Å². The van der Waals surface area contributed by atoms with Crippen molar-refractivity contribution in [2.24, 2.45) is 0 Å². The molecular weight excluding hydrogens is 408 g/mol. The standard InChI is InChI=1S/C28H30N4O/c1-19-13-14-23(15-24(19)28-29-16-26(31-28)22-9-5-4-6-10-22)30-25-11-7-8-12-27(25)32-17-20(2)33-21(3)18-32/h4-16,20-21,30H,17-18H2,1-3H3,(H,29,31). The van der Waals surface area contributed by atoms with E-state index >= 15 is 0 Å². The maximum atomic E-state index is 5.94. The number of aromatic amines is 1. The highest BCUT2D eigenvalue weighted by atomic mass is 16.5. The average molecular weight is 439 g/mol. The molecule has 5 rings (SSSR count). The zero-order valence-electron chi connectivity index (χ0n) is 19.4. The van der Waals surface area contributed by atoms with Crippen LogP contribution in [0, 0.1) is 6.92 Å². The predicted octanol–water partition coefficient (Wildman–Crippen LogP) is 6.41. The Bertz CT molecular complexity index is 1220. The topological polar surface area (TPSA) is 53.2 Å². The minimum atomic E-state index is 0.213. The van der Waals surface area contributed by atoms with Gasteiger partial charge in [-0.25, -0.2) is 4.98 Å². The number of aryl methyl sites for hydroxylation is 1. The van der Waals surface area contributed by atoms with Gasteiger partial charge in [-0.3, -0.25) is 0 Å². The van der Waals surface area contributed by atoms with Crippen LogP contribution in [-0.4, -0.2) is 35.3 Å². The van der Waals surface area contributed by atoms with Crippen molar-refractivity contribution in [1.82, 2.24) is 9.97 Å². The Morgan fingerprint density at radius 1 is 0.939 bits per heavy atom. The van der Waals surface area contributed by atoms with E-state index in [1.54, 1.807) is 0 Å². The smallest absolute Gasteiger partial charge is 0.138 e. The summed E-state index contributed by atoms with van der Waals surface area (Å²) in [6.07, 6.45) is 2.33. The highest BCUT2D eigenvalue weighted by Crippen LogP contribution is 2.33. The lowest BCUT2D eigenvalue weighted by Crippen LogP contribution is -2.45. The second kappa shape index (κ2) is 9.12. The molecular formula is C28H30N4O. The lowest BCUT2D eigenvalue weighted by molar-refractivity contribution is -0.00517. The van der Waals surface area contributed by atoms with Crippen LogP contribution in [0.25, 0.3) is 22.6 Å². The highest BCUT2D eigenvalue weighted by Gasteiger charge is 2.24. The van der Waals surface area contributed by atoms with Crippen molar-refractivity contribution >= 4 is 17.1 Å². The summed E-state index contributed by atoms with van der Waals surface area (Å²) in [5, 5.41) is 3.65. The Hall–Kier alpha value is -3.57. The molecule has 1 aliphatic heterocycles. The first-order valence-electron chi connectivity index (χ1n) is 11.5. The summed E-state index contributed by atoms with van der Waals surface area (Å²) in [7, 11) is 0. The van der Waals surface area contributed by atoms with Gasteiger partial charge in [0, 0.05) is 24.3 Å². The third kappa shape index (κ3) is 4.64. The second-order valence-electron chi connectivity index (χ2n) is 8.85. The van der Waals surface area contributed by atoms with E-state index in [4.69, 9.17) is 4.74 Å². The van der Waals surface area contributed by atoms with Crippen LogP contribution in [0.15, 0.2) is 79.0 Å². The number of aromatic nitrogens is 2. The maximum absolute atomic E-state index is 5.94. The Balaban J connectivity index is 1.43. The van der Waals surface area contributed by atoms with E-state index in [1.165, 1.54) is 11.3 Å². The average Bonchev–Trinajstić information content (AvgIpc) is 3.31. The Morgan fingerprint density at radius 2 is 1.67 bits per heavy atom. The van der Waals surface area contributed by atoms with Gasteiger partial charge in [-0.1, -0.05) is 48.5 Å². The van der Waals surface area contributed by atoms with Gasteiger partial charge in [-0.2, -0.15) is 0 Å². The van der Waals surface area contributed by atoms with Crippen LogP contribution in [-0.2, 0) is 4.74 Å². The molecule has 0 spiro atoms. The SMILES string of the molecule is Cc1ccc(Nc2ccccc2N2CC(C)OC(C)C2)cc1-c1ncc(-c2ccccc2)[nH]1. The molecule has 4 aromatic rings. The summed E-state index contributed by atoms with van der Waals surface area (Å²) >= 11 is 0. The molecule has 2 N–H and O–H groups in total. The van der Waals surface area contributed by atoms with Gasteiger partial charge in [0.15, 0.2) is 0 Å². The molecule has 0 radical (unpaired) electrons. The lowest BCUT2D eigenvalue weighted by Gasteiger charge is -2.37. The number of para-hydroxylation sites is 2. The van der Waals surface area contributed by atoms with Gasteiger partial charge in [-0.15, -0.1) is 0 Å². The van der Waals surface area contributed by atoms with Gasteiger partial charge >= 0.3 is 0 Å². The van der Waals surface area contributed by atoms with Crippen LogP contribution < -0.4 is 10.2 Å². The van der Waals surface area contributed by atoms with E-state index in [-0.39, 0.29) is 12.2 Å². The van der Waals surface area contributed by atoms with Gasteiger partial charge in [0.2, 0.25) is 0 Å².